The number of rotatable bonds is 8. The zero-order valence-corrected chi connectivity index (χ0v) is 20.5. The summed E-state index contributed by atoms with van der Waals surface area (Å²) in [5, 5.41) is 9.19. The van der Waals surface area contributed by atoms with Gasteiger partial charge in [-0.3, -0.25) is 9.78 Å². The summed E-state index contributed by atoms with van der Waals surface area (Å²) in [6.45, 7) is 3.10. The number of alkyl halides is 3. The van der Waals surface area contributed by atoms with Crippen LogP contribution < -0.4 is 4.74 Å². The zero-order valence-electron chi connectivity index (χ0n) is 19.7. The molecule has 0 atom stereocenters. The maximum Gasteiger partial charge on any atom is 0.434 e. The van der Waals surface area contributed by atoms with Crippen LogP contribution in [-0.4, -0.2) is 31.6 Å². The first-order valence-electron chi connectivity index (χ1n) is 11.0. The topological polar surface area (TPSA) is 77.2 Å². The van der Waals surface area contributed by atoms with Crippen molar-refractivity contribution in [2.75, 3.05) is 6.61 Å². The molecule has 0 saturated carbocycles. The van der Waals surface area contributed by atoms with E-state index < -0.39 is 35.6 Å². The third-order valence-electron chi connectivity index (χ3n) is 5.57. The molecule has 0 aliphatic rings. The van der Waals surface area contributed by atoms with Gasteiger partial charge in [-0.15, -0.1) is 3.89 Å². The second-order valence-electron chi connectivity index (χ2n) is 8.79. The Bertz CT molecular complexity index is 1390. The number of imidazole rings is 1. The fourth-order valence-electron chi connectivity index (χ4n) is 3.45. The minimum atomic E-state index is -4.84. The van der Waals surface area contributed by atoms with Gasteiger partial charge in [0.2, 0.25) is 0 Å². The number of carbonyl (C=O) groups is 1. The van der Waals surface area contributed by atoms with Crippen LogP contribution in [0.15, 0.2) is 72.9 Å². The Kier molecular flexibility index (Phi) is 7.26. The van der Waals surface area contributed by atoms with Crippen molar-refractivity contribution in [2.24, 2.45) is 5.41 Å². The molecule has 0 aliphatic carbocycles. The molecule has 4 aromatic rings. The summed E-state index contributed by atoms with van der Waals surface area (Å²) in [5.41, 5.74) is -0.996. The van der Waals surface area contributed by atoms with Crippen molar-refractivity contribution in [3.63, 3.8) is 0 Å². The van der Waals surface area contributed by atoms with Gasteiger partial charge in [-0.1, -0.05) is 30.3 Å². The molecule has 0 fully saturated rings. The second kappa shape index (κ2) is 10.3. The number of pyridine rings is 1. The Morgan fingerprint density at radius 2 is 1.62 bits per heavy atom. The third-order valence-corrected chi connectivity index (χ3v) is 6.07. The minimum absolute atomic E-state index is 0.0151. The number of hydrogen-bond donors (Lipinski definition) is 1. The molecule has 0 spiro atoms. The van der Waals surface area contributed by atoms with E-state index in [4.69, 9.17) is 4.74 Å². The number of aliphatic carboxylic acids is 1. The molecule has 2 heterocycles. The van der Waals surface area contributed by atoms with Crippen molar-refractivity contribution in [2.45, 2.75) is 20.0 Å². The van der Waals surface area contributed by atoms with E-state index in [0.29, 0.717) is 21.0 Å². The van der Waals surface area contributed by atoms with Gasteiger partial charge in [-0.2, -0.15) is 13.2 Å². The Balaban J connectivity index is 1.62. The first-order valence-corrected chi connectivity index (χ1v) is 11.7. The summed E-state index contributed by atoms with van der Waals surface area (Å²) in [5.74, 6) is -0.717. The number of carboxylic acids is 1. The number of hydrogen-bond acceptors (Lipinski definition) is 5. The van der Waals surface area contributed by atoms with Gasteiger partial charge < -0.3 is 9.84 Å². The first kappa shape index (κ1) is 26.2. The second-order valence-corrected chi connectivity index (χ2v) is 9.30. The van der Waals surface area contributed by atoms with Crippen LogP contribution in [0.25, 0.3) is 33.9 Å². The minimum Gasteiger partial charge on any atom is -0.492 e. The highest BCUT2D eigenvalue weighted by molar-refractivity contribution is 7.92. The van der Waals surface area contributed by atoms with Crippen LogP contribution >= 0.6 is 12.3 Å². The van der Waals surface area contributed by atoms with Gasteiger partial charge in [-0.25, -0.2) is 8.96 Å². The van der Waals surface area contributed by atoms with Gasteiger partial charge in [0.1, 0.15) is 18.1 Å². The first-order chi connectivity index (χ1) is 17.5. The standard InChI is InChI=1S/C26H21F4N3O3S/c1-25(2,24(34)35)15-36-19-11-8-16(9-12-19)20-13-10-18(14-31-20)23-32-21(17-6-4-3-5-7-17)22(26(27,28)29)33(23)37-30/h3-14H,15H2,1-2H3,(H,34,35). The molecule has 37 heavy (non-hydrogen) atoms. The summed E-state index contributed by atoms with van der Waals surface area (Å²) < 4.78 is 61.5. The number of carboxylic acid groups (broad SMARTS) is 1. The molecule has 192 valence electrons. The van der Waals surface area contributed by atoms with Crippen LogP contribution in [0.2, 0.25) is 0 Å². The lowest BCUT2D eigenvalue weighted by molar-refractivity contribution is -0.148. The van der Waals surface area contributed by atoms with E-state index in [-0.39, 0.29) is 29.3 Å². The van der Waals surface area contributed by atoms with Gasteiger partial charge in [0.25, 0.3) is 0 Å². The zero-order chi connectivity index (χ0) is 26.8. The monoisotopic (exact) mass is 531 g/mol. The summed E-state index contributed by atoms with van der Waals surface area (Å²) in [7, 11) is 0. The van der Waals surface area contributed by atoms with E-state index in [2.05, 4.69) is 9.97 Å². The van der Waals surface area contributed by atoms with Crippen molar-refractivity contribution in [3.8, 4) is 39.7 Å². The highest BCUT2D eigenvalue weighted by Crippen LogP contribution is 2.42. The lowest BCUT2D eigenvalue weighted by Gasteiger charge is -2.19. The molecule has 0 aliphatic heterocycles. The Morgan fingerprint density at radius 1 is 0.973 bits per heavy atom. The van der Waals surface area contributed by atoms with E-state index in [1.54, 1.807) is 62.4 Å². The molecule has 0 amide bonds. The van der Waals surface area contributed by atoms with Crippen LogP contribution in [0.4, 0.5) is 17.1 Å². The molecule has 1 N–H and O–H groups in total. The van der Waals surface area contributed by atoms with Crippen LogP contribution in [0.1, 0.15) is 19.5 Å². The fourth-order valence-corrected chi connectivity index (χ4v) is 3.92. The summed E-state index contributed by atoms with van der Waals surface area (Å²) in [6, 6.07) is 17.7. The van der Waals surface area contributed by atoms with Gasteiger partial charge in [0.05, 0.1) is 11.1 Å². The molecule has 4 rings (SSSR count). The average Bonchev–Trinajstić information content (AvgIpc) is 3.29. The largest absolute Gasteiger partial charge is 0.492 e. The highest BCUT2D eigenvalue weighted by atomic mass is 32.2. The molecular formula is C26H21F4N3O3S. The van der Waals surface area contributed by atoms with Gasteiger partial charge >= 0.3 is 12.1 Å². The van der Waals surface area contributed by atoms with E-state index in [1.807, 2.05) is 0 Å². The molecule has 0 bridgehead atoms. The van der Waals surface area contributed by atoms with Gasteiger partial charge in [0, 0.05) is 22.9 Å². The number of aromatic nitrogens is 3. The summed E-state index contributed by atoms with van der Waals surface area (Å²) >= 11 is -0.575. The number of ether oxygens (including phenoxy) is 1. The quantitative estimate of drug-likeness (QED) is 0.243. The Hall–Kier alpha value is -3.86. The van der Waals surface area contributed by atoms with Crippen LogP contribution in [0.3, 0.4) is 0 Å². The predicted molar refractivity (Wildman–Crippen MR) is 132 cm³/mol. The smallest absolute Gasteiger partial charge is 0.434 e. The normalized spacial score (nSPS) is 11.9. The van der Waals surface area contributed by atoms with Crippen molar-refractivity contribution >= 4 is 18.3 Å². The lowest BCUT2D eigenvalue weighted by Crippen LogP contribution is -2.30. The van der Waals surface area contributed by atoms with Gasteiger partial charge in [0.15, 0.2) is 23.9 Å². The highest BCUT2D eigenvalue weighted by Gasteiger charge is 2.41. The van der Waals surface area contributed by atoms with E-state index in [1.165, 1.54) is 24.4 Å². The van der Waals surface area contributed by atoms with Crippen molar-refractivity contribution in [1.29, 1.82) is 0 Å². The molecule has 0 saturated heterocycles. The SMILES string of the molecule is CC(C)(COc1ccc(-c2ccc(-c3nc(-c4ccccc4)c(C(F)(F)F)n3SF)cn2)cc1)C(=O)O. The summed E-state index contributed by atoms with van der Waals surface area (Å²) in [4.78, 5) is 19.7. The molecule has 11 heteroatoms. The van der Waals surface area contributed by atoms with Gasteiger partial charge in [-0.05, 0) is 50.2 Å². The van der Waals surface area contributed by atoms with Crippen LogP contribution in [0, 0.1) is 5.41 Å². The maximum atomic E-state index is 13.9. The molecule has 0 radical (unpaired) electrons. The number of halogens is 4. The molecule has 2 aromatic carbocycles. The van der Waals surface area contributed by atoms with E-state index in [9.17, 15) is 27.0 Å². The number of nitrogens with zero attached hydrogens (tertiary/aromatic N) is 3. The van der Waals surface area contributed by atoms with Crippen molar-refractivity contribution < 1.29 is 31.7 Å². The van der Waals surface area contributed by atoms with E-state index >= 15 is 0 Å². The predicted octanol–water partition coefficient (Wildman–Crippen LogP) is 7.17. The third kappa shape index (κ3) is 5.61. The van der Waals surface area contributed by atoms with Crippen LogP contribution in [-0.2, 0) is 11.0 Å². The fraction of sp³-hybridized carbons (Fsp3) is 0.192. The van der Waals surface area contributed by atoms with E-state index in [0.717, 1.165) is 0 Å². The lowest BCUT2D eigenvalue weighted by atomic mass is 9.95. The Morgan fingerprint density at radius 3 is 2.16 bits per heavy atom. The summed E-state index contributed by atoms with van der Waals surface area (Å²) in [6.07, 6.45) is -3.51. The molecular weight excluding hydrogens is 510 g/mol. The molecule has 0 unspecified atom stereocenters. The maximum absolute atomic E-state index is 13.9. The average molecular weight is 532 g/mol. The molecule has 6 nitrogen and oxygen atoms in total. The van der Waals surface area contributed by atoms with Crippen molar-refractivity contribution in [3.05, 3.63) is 78.6 Å². The Labute approximate surface area is 214 Å². The number of benzene rings is 2. The van der Waals surface area contributed by atoms with Crippen LogP contribution in [0.5, 0.6) is 5.75 Å². The van der Waals surface area contributed by atoms with Crippen molar-refractivity contribution in [1.82, 2.24) is 13.9 Å². The molecule has 2 aromatic heterocycles.